The Balaban J connectivity index is 2.55. The predicted molar refractivity (Wildman–Crippen MR) is 81.8 cm³/mol. The van der Waals surface area contributed by atoms with Crippen LogP contribution in [0.1, 0.15) is 21.5 Å². The van der Waals surface area contributed by atoms with Gasteiger partial charge >= 0.3 is 0 Å². The molecule has 5 heteroatoms. The highest BCUT2D eigenvalue weighted by Gasteiger charge is 2.20. The number of ether oxygens (including phenoxy) is 2. The Labute approximate surface area is 130 Å². The highest BCUT2D eigenvalue weighted by atomic mass is 79.9. The van der Waals surface area contributed by atoms with Crippen LogP contribution < -0.4 is 9.47 Å². The molecule has 21 heavy (non-hydrogen) atoms. The first kappa shape index (κ1) is 15.5. The van der Waals surface area contributed by atoms with Gasteiger partial charge in [0.2, 0.25) is 0 Å². The summed E-state index contributed by atoms with van der Waals surface area (Å²) in [6.07, 6.45) is 0. The molecule has 3 nitrogen and oxygen atoms in total. The van der Waals surface area contributed by atoms with Crippen LogP contribution in [0.15, 0.2) is 34.8 Å². The molecule has 0 radical (unpaired) electrons. The maximum Gasteiger partial charge on any atom is 0.197 e. The summed E-state index contributed by atoms with van der Waals surface area (Å²) >= 11 is 3.32. The Morgan fingerprint density at radius 1 is 1.05 bits per heavy atom. The molecule has 0 heterocycles. The average molecular weight is 353 g/mol. The van der Waals surface area contributed by atoms with Crippen molar-refractivity contribution in [3.05, 3.63) is 57.3 Å². The highest BCUT2D eigenvalue weighted by molar-refractivity contribution is 9.10. The summed E-state index contributed by atoms with van der Waals surface area (Å²) in [5, 5.41) is 0. The van der Waals surface area contributed by atoms with Gasteiger partial charge < -0.3 is 9.47 Å². The average Bonchev–Trinajstić information content (AvgIpc) is 2.48. The molecular weight excluding hydrogens is 339 g/mol. The standard InChI is InChI=1S/C16H14BrFO3/c1-9-4-5-12(17)10(6-9)16(19)11-7-14(20-2)15(21-3)8-13(11)18/h4-8H,1-3H3. The van der Waals surface area contributed by atoms with E-state index in [9.17, 15) is 9.18 Å². The van der Waals surface area contributed by atoms with Crippen molar-refractivity contribution in [2.45, 2.75) is 6.92 Å². The van der Waals surface area contributed by atoms with Gasteiger partial charge in [0.15, 0.2) is 17.3 Å². The van der Waals surface area contributed by atoms with Gasteiger partial charge in [-0.25, -0.2) is 4.39 Å². The molecule has 0 amide bonds. The highest BCUT2D eigenvalue weighted by Crippen LogP contribution is 2.32. The molecule has 0 fully saturated rings. The van der Waals surface area contributed by atoms with Crippen LogP contribution in [0.4, 0.5) is 4.39 Å². The summed E-state index contributed by atoms with van der Waals surface area (Å²) in [4.78, 5) is 12.5. The minimum atomic E-state index is -0.647. The maximum absolute atomic E-state index is 14.2. The van der Waals surface area contributed by atoms with Gasteiger partial charge in [-0.1, -0.05) is 27.6 Å². The summed E-state index contributed by atoms with van der Waals surface area (Å²) in [6.45, 7) is 1.87. The van der Waals surface area contributed by atoms with Crippen LogP contribution in [0.2, 0.25) is 0 Å². The third kappa shape index (κ3) is 3.08. The number of carbonyl (C=O) groups is 1. The molecule has 0 spiro atoms. The van der Waals surface area contributed by atoms with Gasteiger partial charge in [0.05, 0.1) is 19.8 Å². The van der Waals surface area contributed by atoms with E-state index < -0.39 is 11.6 Å². The monoisotopic (exact) mass is 352 g/mol. The summed E-state index contributed by atoms with van der Waals surface area (Å²) in [5.74, 6) is -0.504. The Kier molecular flexibility index (Phi) is 4.63. The largest absolute Gasteiger partial charge is 0.493 e. The number of hydrogen-bond donors (Lipinski definition) is 0. The minimum Gasteiger partial charge on any atom is -0.493 e. The Morgan fingerprint density at radius 2 is 1.67 bits per heavy atom. The van der Waals surface area contributed by atoms with Crippen molar-refractivity contribution in [3.63, 3.8) is 0 Å². The van der Waals surface area contributed by atoms with Crippen LogP contribution in [-0.4, -0.2) is 20.0 Å². The van der Waals surface area contributed by atoms with Crippen molar-refractivity contribution < 1.29 is 18.7 Å². The molecule has 0 aliphatic carbocycles. The van der Waals surface area contributed by atoms with Gasteiger partial charge in [0, 0.05) is 16.1 Å². The van der Waals surface area contributed by atoms with Crippen molar-refractivity contribution in [2.75, 3.05) is 14.2 Å². The minimum absolute atomic E-state index is 0.0565. The number of halogens is 2. The van der Waals surface area contributed by atoms with Gasteiger partial charge in [-0.15, -0.1) is 0 Å². The van der Waals surface area contributed by atoms with E-state index in [1.807, 2.05) is 13.0 Å². The first-order valence-corrected chi connectivity index (χ1v) is 6.99. The molecule has 0 aliphatic heterocycles. The third-order valence-electron chi connectivity index (χ3n) is 3.08. The Hall–Kier alpha value is -1.88. The molecule has 0 bridgehead atoms. The van der Waals surface area contributed by atoms with E-state index in [2.05, 4.69) is 15.9 Å². The molecule has 2 aromatic carbocycles. The van der Waals surface area contributed by atoms with Crippen molar-refractivity contribution >= 4 is 21.7 Å². The quantitative estimate of drug-likeness (QED) is 0.775. The summed E-state index contributed by atoms with van der Waals surface area (Å²) in [7, 11) is 2.85. The molecule has 0 N–H and O–H groups in total. The topological polar surface area (TPSA) is 35.5 Å². The van der Waals surface area contributed by atoms with E-state index in [4.69, 9.17) is 9.47 Å². The zero-order valence-corrected chi connectivity index (χ0v) is 13.5. The Bertz CT molecular complexity index is 698. The van der Waals surface area contributed by atoms with Gasteiger partial charge in [0.25, 0.3) is 0 Å². The zero-order valence-electron chi connectivity index (χ0n) is 11.9. The fourth-order valence-electron chi connectivity index (χ4n) is 1.99. The van der Waals surface area contributed by atoms with Crippen molar-refractivity contribution in [2.24, 2.45) is 0 Å². The molecule has 0 atom stereocenters. The SMILES string of the molecule is COc1cc(F)c(C(=O)c2cc(C)ccc2Br)cc1OC. The molecule has 0 aliphatic rings. The zero-order chi connectivity index (χ0) is 15.6. The van der Waals surface area contributed by atoms with Gasteiger partial charge in [-0.3, -0.25) is 4.79 Å². The molecule has 2 aromatic rings. The van der Waals surface area contributed by atoms with Crippen molar-refractivity contribution in [3.8, 4) is 11.5 Å². The molecular formula is C16H14BrFO3. The lowest BCUT2D eigenvalue weighted by atomic mass is 10.0. The molecule has 2 rings (SSSR count). The first-order valence-electron chi connectivity index (χ1n) is 6.20. The molecule has 110 valence electrons. The smallest absolute Gasteiger partial charge is 0.197 e. The maximum atomic E-state index is 14.2. The lowest BCUT2D eigenvalue weighted by molar-refractivity contribution is 0.103. The number of hydrogen-bond acceptors (Lipinski definition) is 3. The van der Waals surface area contributed by atoms with Crippen LogP contribution in [0, 0.1) is 12.7 Å². The number of methoxy groups -OCH3 is 2. The number of rotatable bonds is 4. The summed E-state index contributed by atoms with van der Waals surface area (Å²) < 4.78 is 24.9. The van der Waals surface area contributed by atoms with E-state index in [-0.39, 0.29) is 11.3 Å². The fourth-order valence-corrected chi connectivity index (χ4v) is 2.41. The van der Waals surface area contributed by atoms with Crippen LogP contribution in [0.3, 0.4) is 0 Å². The van der Waals surface area contributed by atoms with Crippen LogP contribution >= 0.6 is 15.9 Å². The second-order valence-electron chi connectivity index (χ2n) is 4.50. The second-order valence-corrected chi connectivity index (χ2v) is 5.35. The summed E-state index contributed by atoms with van der Waals surface area (Å²) in [5.41, 5.74) is 1.27. The molecule has 0 aromatic heterocycles. The number of ketones is 1. The molecule has 0 unspecified atom stereocenters. The van der Waals surface area contributed by atoms with E-state index >= 15 is 0 Å². The van der Waals surface area contributed by atoms with E-state index in [1.165, 1.54) is 20.3 Å². The van der Waals surface area contributed by atoms with E-state index in [0.717, 1.165) is 11.6 Å². The van der Waals surface area contributed by atoms with Crippen LogP contribution in [0.25, 0.3) is 0 Å². The Morgan fingerprint density at radius 3 is 2.29 bits per heavy atom. The van der Waals surface area contributed by atoms with Crippen LogP contribution in [0.5, 0.6) is 11.5 Å². The van der Waals surface area contributed by atoms with E-state index in [1.54, 1.807) is 12.1 Å². The predicted octanol–water partition coefficient (Wildman–Crippen LogP) is 4.14. The van der Waals surface area contributed by atoms with Gasteiger partial charge in [0.1, 0.15) is 5.82 Å². The molecule has 0 saturated carbocycles. The second kappa shape index (κ2) is 6.26. The number of carbonyl (C=O) groups excluding carboxylic acids is 1. The van der Waals surface area contributed by atoms with Crippen molar-refractivity contribution in [1.82, 2.24) is 0 Å². The number of aryl methyl sites for hydroxylation is 1. The van der Waals surface area contributed by atoms with E-state index in [0.29, 0.717) is 15.8 Å². The fraction of sp³-hybridized carbons (Fsp3) is 0.188. The van der Waals surface area contributed by atoms with Crippen LogP contribution in [-0.2, 0) is 0 Å². The molecule has 0 saturated heterocycles. The lowest BCUT2D eigenvalue weighted by Gasteiger charge is -2.11. The number of benzene rings is 2. The summed E-state index contributed by atoms with van der Waals surface area (Å²) in [6, 6.07) is 7.84. The lowest BCUT2D eigenvalue weighted by Crippen LogP contribution is -2.07. The van der Waals surface area contributed by atoms with Gasteiger partial charge in [-0.05, 0) is 25.1 Å². The third-order valence-corrected chi connectivity index (χ3v) is 3.78. The van der Waals surface area contributed by atoms with Gasteiger partial charge in [-0.2, -0.15) is 0 Å². The normalized spacial score (nSPS) is 10.3. The first-order chi connectivity index (χ1) is 9.97. The van der Waals surface area contributed by atoms with Crippen molar-refractivity contribution in [1.29, 1.82) is 0 Å².